The van der Waals surface area contributed by atoms with Crippen LogP contribution >= 0.6 is 11.6 Å². The summed E-state index contributed by atoms with van der Waals surface area (Å²) in [6.07, 6.45) is 2.94. The molecule has 0 amide bonds. The molecule has 0 fully saturated rings. The molecule has 0 bridgehead atoms. The number of hydrogen-bond donors (Lipinski definition) is 0. The molecule has 41 valence electrons. The highest BCUT2D eigenvalue weighted by Crippen LogP contribution is 2.02. The van der Waals surface area contributed by atoms with E-state index < -0.39 is 0 Å². The fourth-order valence-corrected chi connectivity index (χ4v) is 0.298. The summed E-state index contributed by atoms with van der Waals surface area (Å²) in [5.74, 6) is 0. The number of rotatable bonds is 3. The first-order valence-electron chi connectivity index (χ1n) is 2.30. The molecular formula is C5H8ClO. The third-order valence-corrected chi connectivity index (χ3v) is 1.21. The van der Waals surface area contributed by atoms with E-state index in [1.165, 1.54) is 0 Å². The van der Waals surface area contributed by atoms with Crippen LogP contribution in [-0.2, 0) is 4.79 Å². The SMILES string of the molecule is CCC(Cl)C[C]=O. The Labute approximate surface area is 48.7 Å². The average Bonchev–Trinajstić information content (AvgIpc) is 1.68. The second-order valence-corrected chi connectivity index (χ2v) is 1.97. The van der Waals surface area contributed by atoms with Gasteiger partial charge in [0.15, 0.2) is 6.29 Å². The zero-order valence-electron chi connectivity index (χ0n) is 4.28. The number of carbonyl (C=O) groups excluding carboxylic acids is 1. The van der Waals surface area contributed by atoms with E-state index in [2.05, 4.69) is 0 Å². The molecule has 7 heavy (non-hydrogen) atoms. The Morgan fingerprint density at radius 3 is 2.57 bits per heavy atom. The van der Waals surface area contributed by atoms with Gasteiger partial charge >= 0.3 is 0 Å². The van der Waals surface area contributed by atoms with E-state index in [1.807, 2.05) is 6.92 Å². The second kappa shape index (κ2) is 4.13. The maximum atomic E-state index is 9.56. The van der Waals surface area contributed by atoms with E-state index in [-0.39, 0.29) is 5.38 Å². The van der Waals surface area contributed by atoms with Crippen LogP contribution in [0, 0.1) is 0 Å². The van der Waals surface area contributed by atoms with Crippen molar-refractivity contribution in [1.82, 2.24) is 0 Å². The lowest BCUT2D eigenvalue weighted by atomic mass is 10.3. The minimum absolute atomic E-state index is 0.00231. The lowest BCUT2D eigenvalue weighted by molar-refractivity contribution is 0.548. The molecule has 0 N–H and O–H groups in total. The number of halogens is 1. The average molecular weight is 120 g/mol. The lowest BCUT2D eigenvalue weighted by Gasteiger charge is -1.94. The van der Waals surface area contributed by atoms with Crippen LogP contribution in [0.25, 0.3) is 0 Å². The normalized spacial score (nSPS) is 13.4. The fourth-order valence-electron chi connectivity index (χ4n) is 0.235. The van der Waals surface area contributed by atoms with E-state index in [0.717, 1.165) is 6.42 Å². The molecular weight excluding hydrogens is 112 g/mol. The Morgan fingerprint density at radius 2 is 2.43 bits per heavy atom. The first kappa shape index (κ1) is 6.96. The molecule has 2 heteroatoms. The summed E-state index contributed by atoms with van der Waals surface area (Å²) in [5.41, 5.74) is 0. The van der Waals surface area contributed by atoms with E-state index in [1.54, 1.807) is 6.29 Å². The molecule has 0 aliphatic rings. The molecule has 0 aromatic heterocycles. The van der Waals surface area contributed by atoms with Gasteiger partial charge in [0.05, 0.1) is 0 Å². The Morgan fingerprint density at radius 1 is 1.86 bits per heavy atom. The summed E-state index contributed by atoms with van der Waals surface area (Å²) in [7, 11) is 0. The number of hydrogen-bond acceptors (Lipinski definition) is 1. The van der Waals surface area contributed by atoms with Crippen LogP contribution in [0.15, 0.2) is 0 Å². The highest BCUT2D eigenvalue weighted by Gasteiger charge is 1.97. The molecule has 1 atom stereocenters. The van der Waals surface area contributed by atoms with Crippen LogP contribution in [0.4, 0.5) is 0 Å². The van der Waals surface area contributed by atoms with Gasteiger partial charge in [-0.05, 0) is 6.42 Å². The summed E-state index contributed by atoms with van der Waals surface area (Å²) in [6.45, 7) is 1.94. The topological polar surface area (TPSA) is 17.1 Å². The summed E-state index contributed by atoms with van der Waals surface area (Å²) in [4.78, 5) is 9.56. The van der Waals surface area contributed by atoms with Gasteiger partial charge in [-0.15, -0.1) is 11.6 Å². The van der Waals surface area contributed by atoms with Crippen molar-refractivity contribution in [2.75, 3.05) is 0 Å². The lowest BCUT2D eigenvalue weighted by Crippen LogP contribution is -1.94. The van der Waals surface area contributed by atoms with Crippen molar-refractivity contribution in [2.45, 2.75) is 25.1 Å². The third kappa shape index (κ3) is 3.80. The van der Waals surface area contributed by atoms with Gasteiger partial charge in [0.25, 0.3) is 0 Å². The number of alkyl halides is 1. The summed E-state index contributed by atoms with van der Waals surface area (Å²) < 4.78 is 0. The molecule has 0 spiro atoms. The zero-order chi connectivity index (χ0) is 5.70. The van der Waals surface area contributed by atoms with Gasteiger partial charge in [-0.25, -0.2) is 0 Å². The maximum absolute atomic E-state index is 9.56. The standard InChI is InChI=1S/C5H8ClO/c1-2-5(6)3-4-7/h5H,2-3H2,1H3. The van der Waals surface area contributed by atoms with Crippen molar-refractivity contribution in [3.05, 3.63) is 0 Å². The van der Waals surface area contributed by atoms with Crippen LogP contribution in [0.3, 0.4) is 0 Å². The van der Waals surface area contributed by atoms with Gasteiger partial charge < -0.3 is 0 Å². The second-order valence-electron chi connectivity index (χ2n) is 1.35. The zero-order valence-corrected chi connectivity index (χ0v) is 5.03. The van der Waals surface area contributed by atoms with E-state index in [0.29, 0.717) is 6.42 Å². The highest BCUT2D eigenvalue weighted by molar-refractivity contribution is 6.21. The van der Waals surface area contributed by atoms with Gasteiger partial charge in [0.1, 0.15) is 0 Å². The van der Waals surface area contributed by atoms with Crippen LogP contribution in [0.1, 0.15) is 19.8 Å². The van der Waals surface area contributed by atoms with E-state index in [9.17, 15) is 4.79 Å². The van der Waals surface area contributed by atoms with Crippen molar-refractivity contribution < 1.29 is 4.79 Å². The van der Waals surface area contributed by atoms with Crippen LogP contribution in [0.5, 0.6) is 0 Å². The molecule has 0 heterocycles. The quantitative estimate of drug-likeness (QED) is 0.515. The first-order valence-corrected chi connectivity index (χ1v) is 2.74. The third-order valence-electron chi connectivity index (χ3n) is 0.748. The van der Waals surface area contributed by atoms with Gasteiger partial charge in [-0.3, -0.25) is 4.79 Å². The van der Waals surface area contributed by atoms with Crippen molar-refractivity contribution in [1.29, 1.82) is 0 Å². The summed E-state index contributed by atoms with van der Waals surface area (Å²) in [5, 5.41) is -0.00231. The predicted molar refractivity (Wildman–Crippen MR) is 30.2 cm³/mol. The Hall–Kier alpha value is -0.0400. The molecule has 0 saturated carbocycles. The monoisotopic (exact) mass is 119 g/mol. The summed E-state index contributed by atoms with van der Waals surface area (Å²) in [6, 6.07) is 0. The van der Waals surface area contributed by atoms with Crippen LogP contribution in [-0.4, -0.2) is 11.7 Å². The van der Waals surface area contributed by atoms with Gasteiger partial charge in [0.2, 0.25) is 0 Å². The molecule has 1 nitrogen and oxygen atoms in total. The van der Waals surface area contributed by atoms with Gasteiger partial charge in [0, 0.05) is 11.8 Å². The first-order chi connectivity index (χ1) is 3.31. The van der Waals surface area contributed by atoms with E-state index >= 15 is 0 Å². The maximum Gasteiger partial charge on any atom is 0.199 e. The van der Waals surface area contributed by atoms with Crippen molar-refractivity contribution in [2.24, 2.45) is 0 Å². The largest absolute Gasteiger partial charge is 0.291 e. The molecule has 0 rings (SSSR count). The summed E-state index contributed by atoms with van der Waals surface area (Å²) >= 11 is 5.50. The Kier molecular flexibility index (Phi) is 4.10. The van der Waals surface area contributed by atoms with Crippen molar-refractivity contribution in [3.8, 4) is 0 Å². The smallest absolute Gasteiger partial charge is 0.199 e. The van der Waals surface area contributed by atoms with Gasteiger partial charge in [-0.2, -0.15) is 0 Å². The molecule has 0 aliphatic heterocycles. The molecule has 1 unspecified atom stereocenters. The van der Waals surface area contributed by atoms with E-state index in [4.69, 9.17) is 11.6 Å². The Bertz CT molecular complexity index is 54.0. The van der Waals surface area contributed by atoms with Crippen LogP contribution in [0.2, 0.25) is 0 Å². The molecule has 0 aromatic carbocycles. The van der Waals surface area contributed by atoms with Crippen molar-refractivity contribution >= 4 is 17.9 Å². The predicted octanol–water partition coefficient (Wildman–Crippen LogP) is 1.50. The molecule has 0 saturated heterocycles. The highest BCUT2D eigenvalue weighted by atomic mass is 35.5. The molecule has 0 aromatic rings. The Balaban J connectivity index is 2.98. The van der Waals surface area contributed by atoms with Gasteiger partial charge in [-0.1, -0.05) is 6.92 Å². The fraction of sp³-hybridized carbons (Fsp3) is 0.800. The molecule has 0 aliphatic carbocycles. The van der Waals surface area contributed by atoms with Crippen molar-refractivity contribution in [3.63, 3.8) is 0 Å². The molecule has 1 radical (unpaired) electrons. The minimum atomic E-state index is -0.00231. The minimum Gasteiger partial charge on any atom is -0.291 e. The van der Waals surface area contributed by atoms with Crippen LogP contribution < -0.4 is 0 Å².